The van der Waals surface area contributed by atoms with Crippen LogP contribution in [0.1, 0.15) is 43.7 Å². The lowest BCUT2D eigenvalue weighted by molar-refractivity contribution is -0.113. The van der Waals surface area contributed by atoms with Crippen molar-refractivity contribution in [3.8, 4) is 0 Å². The van der Waals surface area contributed by atoms with Gasteiger partial charge < -0.3 is 10.2 Å². The van der Waals surface area contributed by atoms with Crippen LogP contribution in [0.15, 0.2) is 40.9 Å². The highest BCUT2D eigenvalue weighted by Crippen LogP contribution is 2.33. The number of rotatable bonds is 3. The molecule has 4 rings (SSSR count). The van der Waals surface area contributed by atoms with Gasteiger partial charge in [-0.1, -0.05) is 36.4 Å². The highest BCUT2D eigenvalue weighted by Gasteiger charge is 2.30. The minimum absolute atomic E-state index is 0.0583. The third kappa shape index (κ3) is 3.36. The zero-order valence-corrected chi connectivity index (χ0v) is 14.6. The van der Waals surface area contributed by atoms with E-state index in [1.165, 1.54) is 23.6 Å². The van der Waals surface area contributed by atoms with Gasteiger partial charge in [-0.25, -0.2) is 0 Å². The van der Waals surface area contributed by atoms with Crippen LogP contribution < -0.4 is 5.32 Å². The quantitative estimate of drug-likeness (QED) is 0.904. The van der Waals surface area contributed by atoms with Gasteiger partial charge in [0, 0.05) is 30.1 Å². The van der Waals surface area contributed by atoms with Crippen molar-refractivity contribution < 1.29 is 4.79 Å². The molecule has 1 unspecified atom stereocenters. The number of nitrogens with one attached hydrogen (secondary N) is 1. The second-order valence-corrected chi connectivity index (χ2v) is 7.69. The third-order valence-electron chi connectivity index (χ3n) is 4.88. The van der Waals surface area contributed by atoms with E-state index in [-0.39, 0.29) is 11.9 Å². The fourth-order valence-corrected chi connectivity index (χ4v) is 4.59. The van der Waals surface area contributed by atoms with Crippen molar-refractivity contribution in [2.45, 2.75) is 38.1 Å². The summed E-state index contributed by atoms with van der Waals surface area (Å²) in [4.78, 5) is 19.7. The van der Waals surface area contributed by atoms with Gasteiger partial charge in [-0.2, -0.15) is 0 Å². The summed E-state index contributed by atoms with van der Waals surface area (Å²) in [6, 6.07) is 8.38. The SMILES string of the molecule is O=C(Nc1cccc(C2CN3CCSC3=N2)c1)C1=CCCCCC1. The summed E-state index contributed by atoms with van der Waals surface area (Å²) in [5.74, 6) is 1.21. The topological polar surface area (TPSA) is 44.7 Å². The molecule has 0 bridgehead atoms. The van der Waals surface area contributed by atoms with Crippen LogP contribution in [0.2, 0.25) is 0 Å². The molecule has 2 heterocycles. The number of amidine groups is 1. The van der Waals surface area contributed by atoms with Crippen LogP contribution in [0, 0.1) is 0 Å². The summed E-state index contributed by atoms with van der Waals surface area (Å²) in [6.07, 6.45) is 7.57. The predicted octanol–water partition coefficient (Wildman–Crippen LogP) is 3.98. The molecule has 1 atom stereocenters. The van der Waals surface area contributed by atoms with E-state index in [4.69, 9.17) is 4.99 Å². The summed E-state index contributed by atoms with van der Waals surface area (Å²) in [5.41, 5.74) is 3.00. The van der Waals surface area contributed by atoms with Gasteiger partial charge in [0.05, 0.1) is 6.04 Å². The predicted molar refractivity (Wildman–Crippen MR) is 100 cm³/mol. The second-order valence-electron chi connectivity index (χ2n) is 6.63. The highest BCUT2D eigenvalue weighted by molar-refractivity contribution is 8.14. The molecule has 126 valence electrons. The van der Waals surface area contributed by atoms with Crippen LogP contribution in [0.3, 0.4) is 0 Å². The average Bonchev–Trinajstić information content (AvgIpc) is 3.07. The Morgan fingerprint density at radius 1 is 1.29 bits per heavy atom. The van der Waals surface area contributed by atoms with Gasteiger partial charge in [0.25, 0.3) is 5.91 Å². The van der Waals surface area contributed by atoms with E-state index in [0.717, 1.165) is 49.4 Å². The lowest BCUT2D eigenvalue weighted by Gasteiger charge is -2.14. The molecule has 1 aromatic carbocycles. The first-order valence-electron chi connectivity index (χ1n) is 8.85. The molecule has 1 saturated heterocycles. The van der Waals surface area contributed by atoms with E-state index in [1.54, 1.807) is 0 Å². The van der Waals surface area contributed by atoms with Gasteiger partial charge >= 0.3 is 0 Å². The number of fused-ring (bicyclic) bond motifs is 1. The van der Waals surface area contributed by atoms with Crippen LogP contribution in [0.25, 0.3) is 0 Å². The molecular weight excluding hydrogens is 318 g/mol. The van der Waals surface area contributed by atoms with Crippen molar-refractivity contribution in [3.63, 3.8) is 0 Å². The Hall–Kier alpha value is -1.75. The first kappa shape index (κ1) is 15.8. The number of carbonyl (C=O) groups is 1. The van der Waals surface area contributed by atoms with Crippen molar-refractivity contribution in [1.29, 1.82) is 0 Å². The minimum Gasteiger partial charge on any atom is -0.348 e. The average molecular weight is 341 g/mol. The molecule has 2 aliphatic heterocycles. The van der Waals surface area contributed by atoms with Crippen LogP contribution in [0.4, 0.5) is 5.69 Å². The first-order chi connectivity index (χ1) is 11.8. The zero-order valence-electron chi connectivity index (χ0n) is 13.8. The van der Waals surface area contributed by atoms with Crippen molar-refractivity contribution in [2.75, 3.05) is 24.2 Å². The molecule has 1 N–H and O–H groups in total. The molecule has 1 amide bonds. The Balaban J connectivity index is 1.46. The maximum absolute atomic E-state index is 12.5. The van der Waals surface area contributed by atoms with E-state index in [9.17, 15) is 4.79 Å². The van der Waals surface area contributed by atoms with Crippen molar-refractivity contribution in [3.05, 3.63) is 41.5 Å². The van der Waals surface area contributed by atoms with Crippen molar-refractivity contribution in [2.24, 2.45) is 4.99 Å². The summed E-state index contributed by atoms with van der Waals surface area (Å²) < 4.78 is 0. The van der Waals surface area contributed by atoms with Gasteiger partial charge in [-0.05, 0) is 43.4 Å². The molecule has 3 aliphatic rings. The number of allylic oxidation sites excluding steroid dienone is 1. The molecular formula is C19H23N3OS. The molecule has 24 heavy (non-hydrogen) atoms. The van der Waals surface area contributed by atoms with E-state index in [0.29, 0.717) is 0 Å². The molecule has 1 aliphatic carbocycles. The molecule has 4 nitrogen and oxygen atoms in total. The normalized spacial score (nSPS) is 23.3. The first-order valence-corrected chi connectivity index (χ1v) is 9.84. The zero-order chi connectivity index (χ0) is 16.4. The van der Waals surface area contributed by atoms with Gasteiger partial charge in [0.2, 0.25) is 0 Å². The van der Waals surface area contributed by atoms with E-state index >= 15 is 0 Å². The molecule has 5 heteroatoms. The maximum Gasteiger partial charge on any atom is 0.251 e. The van der Waals surface area contributed by atoms with Crippen molar-refractivity contribution in [1.82, 2.24) is 4.90 Å². The van der Waals surface area contributed by atoms with Crippen molar-refractivity contribution >= 4 is 28.5 Å². The monoisotopic (exact) mass is 341 g/mol. The number of hydrogen-bond donors (Lipinski definition) is 1. The third-order valence-corrected chi connectivity index (χ3v) is 5.89. The van der Waals surface area contributed by atoms with Gasteiger partial charge in [-0.15, -0.1) is 0 Å². The number of nitrogens with zero attached hydrogens (tertiary/aromatic N) is 2. The van der Waals surface area contributed by atoms with Gasteiger partial charge in [0.15, 0.2) is 5.17 Å². The highest BCUT2D eigenvalue weighted by atomic mass is 32.2. The molecule has 1 aromatic rings. The standard InChI is InChI=1S/C19H23N3OS/c23-18(14-6-3-1-2-4-7-14)20-16-9-5-8-15(12-16)17-13-22-10-11-24-19(22)21-17/h5-6,8-9,12,17H,1-4,7,10-11,13H2,(H,20,23). The largest absolute Gasteiger partial charge is 0.348 e. The molecule has 0 radical (unpaired) electrons. The Morgan fingerprint density at radius 2 is 2.25 bits per heavy atom. The number of thioether (sulfide) groups is 1. The van der Waals surface area contributed by atoms with E-state index in [1.807, 2.05) is 23.9 Å². The van der Waals surface area contributed by atoms with Gasteiger partial charge in [0.1, 0.15) is 0 Å². The number of hydrogen-bond acceptors (Lipinski definition) is 4. The Bertz CT molecular complexity index is 698. The van der Waals surface area contributed by atoms with Crippen LogP contribution in [0.5, 0.6) is 0 Å². The second kappa shape index (κ2) is 7.01. The van der Waals surface area contributed by atoms with Crippen LogP contribution in [-0.2, 0) is 4.79 Å². The van der Waals surface area contributed by atoms with Crippen LogP contribution >= 0.6 is 11.8 Å². The molecule has 0 spiro atoms. The van der Waals surface area contributed by atoms with Gasteiger partial charge in [-0.3, -0.25) is 9.79 Å². The molecule has 0 aromatic heterocycles. The van der Waals surface area contributed by atoms with E-state index in [2.05, 4.69) is 28.4 Å². The minimum atomic E-state index is 0.0583. The molecule has 0 saturated carbocycles. The fourth-order valence-electron chi connectivity index (χ4n) is 3.54. The number of benzene rings is 1. The fraction of sp³-hybridized carbons (Fsp3) is 0.474. The smallest absolute Gasteiger partial charge is 0.251 e. The summed E-state index contributed by atoms with van der Waals surface area (Å²) >= 11 is 1.85. The van der Waals surface area contributed by atoms with E-state index < -0.39 is 0 Å². The number of carbonyl (C=O) groups excluding carboxylic acids is 1. The lowest BCUT2D eigenvalue weighted by Crippen LogP contribution is -2.21. The lowest BCUT2D eigenvalue weighted by atomic mass is 10.1. The Labute approximate surface area is 147 Å². The van der Waals surface area contributed by atoms with Crippen LogP contribution in [-0.4, -0.2) is 34.8 Å². The molecule has 1 fully saturated rings. The Morgan fingerprint density at radius 3 is 3.17 bits per heavy atom. The summed E-state index contributed by atoms with van der Waals surface area (Å²) in [6.45, 7) is 2.06. The number of anilines is 1. The Kier molecular flexibility index (Phi) is 4.60. The summed E-state index contributed by atoms with van der Waals surface area (Å²) in [7, 11) is 0. The summed E-state index contributed by atoms with van der Waals surface area (Å²) in [5, 5.41) is 4.26. The number of amides is 1. The number of aliphatic imine (C=N–C) groups is 1. The maximum atomic E-state index is 12.5.